The number of hydrogen-bond acceptors (Lipinski definition) is 6. The largest absolute Gasteiger partial charge is 0.458 e. The second kappa shape index (κ2) is 7.07. The summed E-state index contributed by atoms with van der Waals surface area (Å²) in [7, 11) is 0. The van der Waals surface area contributed by atoms with Crippen molar-refractivity contribution >= 4 is 22.5 Å². The first-order valence-corrected chi connectivity index (χ1v) is 8.60. The molecule has 0 N–H and O–H groups in total. The van der Waals surface area contributed by atoms with Gasteiger partial charge in [-0.25, -0.2) is 9.97 Å². The third-order valence-corrected chi connectivity index (χ3v) is 4.35. The van der Waals surface area contributed by atoms with E-state index in [1.165, 1.54) is 21.4 Å². The molecule has 140 valence electrons. The molecule has 0 aliphatic rings. The summed E-state index contributed by atoms with van der Waals surface area (Å²) in [5.74, 6) is -0.619. The van der Waals surface area contributed by atoms with Gasteiger partial charge in [-0.2, -0.15) is 0 Å². The number of esters is 1. The van der Waals surface area contributed by atoms with Crippen LogP contribution in [0.25, 0.3) is 16.6 Å². The Morgan fingerprint density at radius 2 is 1.96 bits per heavy atom. The van der Waals surface area contributed by atoms with E-state index < -0.39 is 5.97 Å². The Bertz CT molecular complexity index is 1320. The van der Waals surface area contributed by atoms with Crippen molar-refractivity contribution in [3.8, 4) is 0 Å². The zero-order chi connectivity index (χ0) is 19.7. The topological polar surface area (TPSA) is 95.6 Å². The van der Waals surface area contributed by atoms with Gasteiger partial charge in [-0.05, 0) is 30.7 Å². The number of carbonyl (C=O) groups excluding carboxylic acids is 1. The molecule has 28 heavy (non-hydrogen) atoms. The molecule has 4 aromatic rings. The standard InChI is InChI=1S/C20H16N4O4/c1-13-5-4-8-24-17(25)9-14(22-19(13)24)11-28-18(26)10-23-12-21-16-7-3-2-6-15(16)20(23)27/h2-9,12H,10-11H2,1H3. The number of pyridine rings is 1. The molecule has 0 unspecified atom stereocenters. The second-order valence-electron chi connectivity index (χ2n) is 6.33. The number of ether oxygens (including phenoxy) is 1. The van der Waals surface area contributed by atoms with Crippen molar-refractivity contribution in [2.24, 2.45) is 0 Å². The van der Waals surface area contributed by atoms with Gasteiger partial charge < -0.3 is 4.74 Å². The highest BCUT2D eigenvalue weighted by Crippen LogP contribution is 2.07. The van der Waals surface area contributed by atoms with Gasteiger partial charge in [0, 0.05) is 12.3 Å². The van der Waals surface area contributed by atoms with E-state index >= 15 is 0 Å². The monoisotopic (exact) mass is 376 g/mol. The lowest BCUT2D eigenvalue weighted by molar-refractivity contribution is -0.145. The number of fused-ring (bicyclic) bond motifs is 2. The van der Waals surface area contributed by atoms with Crippen LogP contribution in [0.5, 0.6) is 0 Å². The van der Waals surface area contributed by atoms with E-state index in [1.54, 1.807) is 36.5 Å². The van der Waals surface area contributed by atoms with Crippen LogP contribution in [0.3, 0.4) is 0 Å². The van der Waals surface area contributed by atoms with Crippen molar-refractivity contribution in [2.75, 3.05) is 0 Å². The van der Waals surface area contributed by atoms with E-state index in [2.05, 4.69) is 9.97 Å². The molecule has 0 saturated carbocycles. The summed E-state index contributed by atoms with van der Waals surface area (Å²) in [5, 5.41) is 0.428. The van der Waals surface area contributed by atoms with Gasteiger partial charge in [0.05, 0.1) is 22.9 Å². The summed E-state index contributed by atoms with van der Waals surface area (Å²) in [6.07, 6.45) is 2.95. The SMILES string of the molecule is Cc1cccn2c(=O)cc(COC(=O)Cn3cnc4ccccc4c3=O)nc12. The number of benzene rings is 1. The quantitative estimate of drug-likeness (QED) is 0.501. The molecule has 0 bridgehead atoms. The van der Waals surface area contributed by atoms with Crippen LogP contribution >= 0.6 is 0 Å². The zero-order valence-electron chi connectivity index (χ0n) is 15.0. The van der Waals surface area contributed by atoms with Gasteiger partial charge in [0.1, 0.15) is 18.8 Å². The molecule has 0 amide bonds. The zero-order valence-corrected chi connectivity index (χ0v) is 15.0. The smallest absolute Gasteiger partial charge is 0.326 e. The molecule has 3 aromatic heterocycles. The van der Waals surface area contributed by atoms with Crippen LogP contribution < -0.4 is 11.1 Å². The molecule has 0 fully saturated rings. The lowest BCUT2D eigenvalue weighted by Gasteiger charge is -2.08. The summed E-state index contributed by atoms with van der Waals surface area (Å²) in [6.45, 7) is 1.41. The first-order chi connectivity index (χ1) is 13.5. The Morgan fingerprint density at radius 3 is 2.82 bits per heavy atom. The molecule has 8 heteroatoms. The Kier molecular flexibility index (Phi) is 4.44. The van der Waals surface area contributed by atoms with Crippen molar-refractivity contribution < 1.29 is 9.53 Å². The van der Waals surface area contributed by atoms with Crippen molar-refractivity contribution in [3.63, 3.8) is 0 Å². The number of para-hydroxylation sites is 1. The molecule has 0 aliphatic carbocycles. The molecular formula is C20H16N4O4. The van der Waals surface area contributed by atoms with Crippen LogP contribution in [0.15, 0.2) is 64.6 Å². The lowest BCUT2D eigenvalue weighted by atomic mass is 10.2. The van der Waals surface area contributed by atoms with Crippen LogP contribution in [0.4, 0.5) is 0 Å². The Balaban J connectivity index is 1.52. The molecule has 0 spiro atoms. The lowest BCUT2D eigenvalue weighted by Crippen LogP contribution is -2.26. The van der Waals surface area contributed by atoms with Gasteiger partial charge in [-0.3, -0.25) is 23.4 Å². The van der Waals surface area contributed by atoms with Crippen LogP contribution in [0, 0.1) is 6.92 Å². The first-order valence-electron chi connectivity index (χ1n) is 8.60. The normalized spacial score (nSPS) is 11.0. The molecule has 0 atom stereocenters. The fraction of sp³-hybridized carbons (Fsp3) is 0.150. The van der Waals surface area contributed by atoms with Crippen LogP contribution in [-0.2, 0) is 22.7 Å². The number of nitrogens with zero attached hydrogens (tertiary/aromatic N) is 4. The maximum absolute atomic E-state index is 12.4. The summed E-state index contributed by atoms with van der Waals surface area (Å²) in [6, 6.07) is 11.8. The summed E-state index contributed by atoms with van der Waals surface area (Å²) >= 11 is 0. The average Bonchev–Trinajstić information content (AvgIpc) is 2.70. The summed E-state index contributed by atoms with van der Waals surface area (Å²) in [5.41, 5.74) is 1.68. The van der Waals surface area contributed by atoms with E-state index in [0.29, 0.717) is 22.2 Å². The molecule has 1 aromatic carbocycles. The predicted octanol–water partition coefficient (Wildman–Crippen LogP) is 1.46. The second-order valence-corrected chi connectivity index (χ2v) is 6.33. The highest BCUT2D eigenvalue weighted by molar-refractivity contribution is 5.77. The van der Waals surface area contributed by atoms with Gasteiger partial charge in [-0.15, -0.1) is 0 Å². The van der Waals surface area contributed by atoms with E-state index in [-0.39, 0.29) is 24.3 Å². The van der Waals surface area contributed by atoms with Crippen LogP contribution in [-0.4, -0.2) is 24.9 Å². The van der Waals surface area contributed by atoms with Crippen LogP contribution in [0.1, 0.15) is 11.3 Å². The van der Waals surface area contributed by atoms with E-state index in [0.717, 1.165) is 5.56 Å². The van der Waals surface area contributed by atoms with E-state index in [4.69, 9.17) is 4.74 Å². The molecular weight excluding hydrogens is 360 g/mol. The predicted molar refractivity (Wildman–Crippen MR) is 102 cm³/mol. The average molecular weight is 376 g/mol. The Morgan fingerprint density at radius 1 is 1.14 bits per heavy atom. The third kappa shape index (κ3) is 3.27. The van der Waals surface area contributed by atoms with Crippen molar-refractivity contribution in [2.45, 2.75) is 20.1 Å². The van der Waals surface area contributed by atoms with Gasteiger partial charge in [0.2, 0.25) is 0 Å². The van der Waals surface area contributed by atoms with Gasteiger partial charge >= 0.3 is 5.97 Å². The van der Waals surface area contributed by atoms with Gasteiger partial charge in [0.15, 0.2) is 0 Å². The van der Waals surface area contributed by atoms with Gasteiger partial charge in [-0.1, -0.05) is 18.2 Å². The van der Waals surface area contributed by atoms with Crippen LogP contribution in [0.2, 0.25) is 0 Å². The molecule has 4 rings (SSSR count). The highest BCUT2D eigenvalue weighted by atomic mass is 16.5. The number of aryl methyl sites for hydroxylation is 1. The minimum absolute atomic E-state index is 0.158. The molecule has 0 saturated heterocycles. The number of rotatable bonds is 4. The van der Waals surface area contributed by atoms with Crippen molar-refractivity contribution in [1.82, 2.24) is 18.9 Å². The molecule has 0 aliphatic heterocycles. The fourth-order valence-corrected chi connectivity index (χ4v) is 2.94. The van der Waals surface area contributed by atoms with E-state index in [1.807, 2.05) is 13.0 Å². The highest BCUT2D eigenvalue weighted by Gasteiger charge is 2.11. The van der Waals surface area contributed by atoms with Crippen molar-refractivity contribution in [1.29, 1.82) is 0 Å². The molecule has 3 heterocycles. The number of aromatic nitrogens is 4. The summed E-state index contributed by atoms with van der Waals surface area (Å²) < 4.78 is 7.83. The van der Waals surface area contributed by atoms with Gasteiger partial charge in [0.25, 0.3) is 11.1 Å². The number of hydrogen-bond donors (Lipinski definition) is 0. The van der Waals surface area contributed by atoms with E-state index in [9.17, 15) is 14.4 Å². The minimum atomic E-state index is -0.619. The fourth-order valence-electron chi connectivity index (χ4n) is 2.94. The summed E-state index contributed by atoms with van der Waals surface area (Å²) in [4.78, 5) is 45.3. The maximum Gasteiger partial charge on any atom is 0.326 e. The van der Waals surface area contributed by atoms with Crippen molar-refractivity contribution in [3.05, 3.63) is 87.0 Å². The first kappa shape index (κ1) is 17.6. The number of carbonyl (C=O) groups is 1. The molecule has 0 radical (unpaired) electrons. The Hall–Kier alpha value is -3.81. The minimum Gasteiger partial charge on any atom is -0.458 e. The maximum atomic E-state index is 12.4. The Labute approximate surface area is 158 Å². The molecule has 8 nitrogen and oxygen atoms in total. The third-order valence-electron chi connectivity index (χ3n) is 4.35.